The maximum atomic E-state index is 9.45. The Balaban J connectivity index is 2.02. The summed E-state index contributed by atoms with van der Waals surface area (Å²) in [7, 11) is 0. The second kappa shape index (κ2) is 7.04. The first-order chi connectivity index (χ1) is 9.70. The molecule has 0 amide bonds. The molecule has 0 spiro atoms. The predicted octanol–water partition coefficient (Wildman–Crippen LogP) is 4.28. The molecule has 0 aliphatic heterocycles. The van der Waals surface area contributed by atoms with Gasteiger partial charge in [0.25, 0.3) is 0 Å². The Kier molecular flexibility index (Phi) is 5.10. The van der Waals surface area contributed by atoms with E-state index in [2.05, 4.69) is 41.2 Å². The van der Waals surface area contributed by atoms with E-state index in [0.29, 0.717) is 11.5 Å². The van der Waals surface area contributed by atoms with Gasteiger partial charge in [0.2, 0.25) is 0 Å². The van der Waals surface area contributed by atoms with Crippen molar-refractivity contribution in [2.45, 2.75) is 46.0 Å². The summed E-state index contributed by atoms with van der Waals surface area (Å²) in [5.41, 5.74) is 2.96. The lowest BCUT2D eigenvalue weighted by molar-refractivity contribution is 0.464. The summed E-state index contributed by atoms with van der Waals surface area (Å²) < 4.78 is 0. The standard InChI is InChI=1S/C17H22N2O/c1-3-4-5-6-7-14-8-10-15(11-9-14)17-18-12-16(20)13(2)19-17/h8-12,20H,3-7H2,1-2H3. The summed E-state index contributed by atoms with van der Waals surface area (Å²) in [5, 5.41) is 9.45. The summed E-state index contributed by atoms with van der Waals surface area (Å²) in [6.07, 6.45) is 7.74. The second-order valence-corrected chi connectivity index (χ2v) is 5.17. The van der Waals surface area contributed by atoms with Crippen molar-refractivity contribution in [1.29, 1.82) is 0 Å². The van der Waals surface area contributed by atoms with E-state index in [1.165, 1.54) is 37.4 Å². The number of aryl methyl sites for hydroxylation is 2. The van der Waals surface area contributed by atoms with Gasteiger partial charge in [-0.3, -0.25) is 0 Å². The van der Waals surface area contributed by atoms with Crippen LogP contribution in [0.1, 0.15) is 43.9 Å². The lowest BCUT2D eigenvalue weighted by atomic mass is 10.0. The lowest BCUT2D eigenvalue weighted by Crippen LogP contribution is -1.92. The molecule has 2 aromatic rings. The average Bonchev–Trinajstić information content (AvgIpc) is 2.47. The zero-order valence-corrected chi connectivity index (χ0v) is 12.3. The van der Waals surface area contributed by atoms with E-state index in [0.717, 1.165) is 12.0 Å². The maximum Gasteiger partial charge on any atom is 0.159 e. The third-order valence-electron chi connectivity index (χ3n) is 3.48. The summed E-state index contributed by atoms with van der Waals surface area (Å²) in [5.74, 6) is 0.805. The minimum absolute atomic E-state index is 0.140. The van der Waals surface area contributed by atoms with Crippen molar-refractivity contribution in [1.82, 2.24) is 9.97 Å². The molecule has 0 aliphatic carbocycles. The molecule has 0 atom stereocenters. The van der Waals surface area contributed by atoms with Crippen molar-refractivity contribution in [3.05, 3.63) is 41.7 Å². The molecule has 1 heterocycles. The van der Waals surface area contributed by atoms with Gasteiger partial charge in [-0.15, -0.1) is 0 Å². The van der Waals surface area contributed by atoms with Crippen LogP contribution in [0.4, 0.5) is 0 Å². The van der Waals surface area contributed by atoms with Crippen molar-refractivity contribution in [2.75, 3.05) is 0 Å². The highest BCUT2D eigenvalue weighted by Gasteiger charge is 2.04. The van der Waals surface area contributed by atoms with Gasteiger partial charge in [-0.05, 0) is 25.3 Å². The van der Waals surface area contributed by atoms with Gasteiger partial charge >= 0.3 is 0 Å². The van der Waals surface area contributed by atoms with E-state index in [4.69, 9.17) is 0 Å². The van der Waals surface area contributed by atoms with E-state index in [1.807, 2.05) is 0 Å². The smallest absolute Gasteiger partial charge is 0.159 e. The monoisotopic (exact) mass is 270 g/mol. The Hall–Kier alpha value is -1.90. The van der Waals surface area contributed by atoms with Gasteiger partial charge in [-0.2, -0.15) is 0 Å². The largest absolute Gasteiger partial charge is 0.504 e. The molecule has 0 aliphatic rings. The van der Waals surface area contributed by atoms with Gasteiger partial charge in [0.1, 0.15) is 0 Å². The highest BCUT2D eigenvalue weighted by molar-refractivity contribution is 5.55. The van der Waals surface area contributed by atoms with Crippen LogP contribution in [-0.4, -0.2) is 15.1 Å². The number of hydrogen-bond acceptors (Lipinski definition) is 3. The highest BCUT2D eigenvalue weighted by Crippen LogP contribution is 2.20. The van der Waals surface area contributed by atoms with Crippen LogP contribution in [0.15, 0.2) is 30.5 Å². The summed E-state index contributed by atoms with van der Waals surface area (Å²) in [6.45, 7) is 4.01. The molecule has 0 bridgehead atoms. The van der Waals surface area contributed by atoms with Crippen LogP contribution in [0, 0.1) is 6.92 Å². The van der Waals surface area contributed by atoms with Gasteiger partial charge in [-0.25, -0.2) is 9.97 Å². The van der Waals surface area contributed by atoms with Crippen LogP contribution < -0.4 is 0 Å². The SMILES string of the molecule is CCCCCCc1ccc(-c2ncc(O)c(C)n2)cc1. The Morgan fingerprint density at radius 3 is 2.45 bits per heavy atom. The first-order valence-electron chi connectivity index (χ1n) is 7.32. The third-order valence-corrected chi connectivity index (χ3v) is 3.48. The van der Waals surface area contributed by atoms with Gasteiger partial charge in [0.15, 0.2) is 11.6 Å². The first-order valence-corrected chi connectivity index (χ1v) is 7.32. The number of benzene rings is 1. The van der Waals surface area contributed by atoms with Gasteiger partial charge < -0.3 is 5.11 Å². The molecular weight excluding hydrogens is 248 g/mol. The molecule has 0 saturated heterocycles. The number of nitrogens with zero attached hydrogens (tertiary/aromatic N) is 2. The van der Waals surface area contributed by atoms with Crippen LogP contribution in [0.3, 0.4) is 0 Å². The van der Waals surface area contributed by atoms with Crippen molar-refractivity contribution >= 4 is 0 Å². The number of aromatic nitrogens is 2. The minimum Gasteiger partial charge on any atom is -0.504 e. The molecule has 0 radical (unpaired) electrons. The topological polar surface area (TPSA) is 46.0 Å². The zero-order chi connectivity index (χ0) is 14.4. The fourth-order valence-corrected chi connectivity index (χ4v) is 2.18. The first kappa shape index (κ1) is 14.5. The van der Waals surface area contributed by atoms with Gasteiger partial charge in [0, 0.05) is 5.56 Å². The Morgan fingerprint density at radius 2 is 1.80 bits per heavy atom. The fraction of sp³-hybridized carbons (Fsp3) is 0.412. The second-order valence-electron chi connectivity index (χ2n) is 5.17. The number of aromatic hydroxyl groups is 1. The van der Waals surface area contributed by atoms with Crippen molar-refractivity contribution < 1.29 is 5.11 Å². The number of unbranched alkanes of at least 4 members (excludes halogenated alkanes) is 3. The summed E-state index contributed by atoms with van der Waals surface area (Å²) in [6, 6.07) is 8.40. The molecule has 106 valence electrons. The Morgan fingerprint density at radius 1 is 1.05 bits per heavy atom. The summed E-state index contributed by atoms with van der Waals surface area (Å²) in [4.78, 5) is 8.46. The quantitative estimate of drug-likeness (QED) is 0.797. The highest BCUT2D eigenvalue weighted by atomic mass is 16.3. The van der Waals surface area contributed by atoms with Crippen molar-refractivity contribution in [3.8, 4) is 17.1 Å². The van der Waals surface area contributed by atoms with E-state index in [9.17, 15) is 5.11 Å². The average molecular weight is 270 g/mol. The molecule has 1 aromatic heterocycles. The molecular formula is C17H22N2O. The molecule has 0 saturated carbocycles. The molecule has 3 nitrogen and oxygen atoms in total. The molecule has 20 heavy (non-hydrogen) atoms. The van der Waals surface area contributed by atoms with Gasteiger partial charge in [0.05, 0.1) is 11.9 Å². The molecule has 3 heteroatoms. The van der Waals surface area contributed by atoms with Crippen LogP contribution in [-0.2, 0) is 6.42 Å². The fourth-order valence-electron chi connectivity index (χ4n) is 2.18. The zero-order valence-electron chi connectivity index (χ0n) is 12.3. The minimum atomic E-state index is 0.140. The molecule has 2 rings (SSSR count). The van der Waals surface area contributed by atoms with Crippen LogP contribution >= 0.6 is 0 Å². The van der Waals surface area contributed by atoms with E-state index >= 15 is 0 Å². The lowest BCUT2D eigenvalue weighted by Gasteiger charge is -2.05. The summed E-state index contributed by atoms with van der Waals surface area (Å²) >= 11 is 0. The van der Waals surface area contributed by atoms with E-state index in [-0.39, 0.29) is 5.75 Å². The number of hydrogen-bond donors (Lipinski definition) is 1. The predicted molar refractivity (Wildman–Crippen MR) is 81.7 cm³/mol. The Bertz CT molecular complexity index is 549. The van der Waals surface area contributed by atoms with Crippen molar-refractivity contribution in [2.24, 2.45) is 0 Å². The molecule has 0 fully saturated rings. The van der Waals surface area contributed by atoms with Gasteiger partial charge in [-0.1, -0.05) is 50.5 Å². The van der Waals surface area contributed by atoms with Crippen LogP contribution in [0.2, 0.25) is 0 Å². The van der Waals surface area contributed by atoms with Crippen LogP contribution in [0.25, 0.3) is 11.4 Å². The normalized spacial score (nSPS) is 10.7. The Labute approximate surface area is 120 Å². The molecule has 1 N–H and O–H groups in total. The van der Waals surface area contributed by atoms with E-state index in [1.54, 1.807) is 6.92 Å². The van der Waals surface area contributed by atoms with Crippen LogP contribution in [0.5, 0.6) is 5.75 Å². The molecule has 1 aromatic carbocycles. The maximum absolute atomic E-state index is 9.45. The number of rotatable bonds is 6. The molecule has 0 unspecified atom stereocenters. The van der Waals surface area contributed by atoms with Crippen molar-refractivity contribution in [3.63, 3.8) is 0 Å². The third kappa shape index (κ3) is 3.80. The van der Waals surface area contributed by atoms with E-state index < -0.39 is 0 Å².